The molecule has 0 amide bonds. The first kappa shape index (κ1) is 24.7. The number of nitrogens with one attached hydrogen (secondary N) is 2. The number of rotatable bonds is 10. The van der Waals surface area contributed by atoms with E-state index in [0.29, 0.717) is 43.7 Å². The summed E-state index contributed by atoms with van der Waals surface area (Å²) in [6.45, 7) is 4.51. The molecular formula is C17H24F3IN4O2S. The van der Waals surface area contributed by atoms with E-state index in [1.165, 1.54) is 0 Å². The van der Waals surface area contributed by atoms with Crippen LogP contribution in [0.25, 0.3) is 0 Å². The second kappa shape index (κ2) is 13.0. The van der Waals surface area contributed by atoms with Gasteiger partial charge in [-0.15, -0.1) is 35.3 Å². The molecule has 28 heavy (non-hydrogen) atoms. The fraction of sp³-hybridized carbons (Fsp3) is 0.529. The van der Waals surface area contributed by atoms with Gasteiger partial charge in [-0.2, -0.15) is 13.2 Å². The molecule has 6 nitrogen and oxygen atoms in total. The third-order valence-corrected chi connectivity index (χ3v) is 4.25. The smallest absolute Gasteiger partial charge is 0.434 e. The minimum atomic E-state index is -4.43. The van der Waals surface area contributed by atoms with Gasteiger partial charge in [-0.05, 0) is 25.5 Å². The molecule has 0 radical (unpaired) electrons. The zero-order chi connectivity index (χ0) is 19.5. The predicted octanol–water partition coefficient (Wildman–Crippen LogP) is 4.08. The number of nitrogens with zero attached hydrogens (tertiary/aromatic N) is 2. The van der Waals surface area contributed by atoms with E-state index in [9.17, 15) is 13.2 Å². The number of ether oxygens (including phenoxy) is 1. The highest BCUT2D eigenvalue weighted by Crippen LogP contribution is 2.30. The predicted molar refractivity (Wildman–Crippen MR) is 113 cm³/mol. The van der Waals surface area contributed by atoms with Crippen molar-refractivity contribution >= 4 is 41.3 Å². The van der Waals surface area contributed by atoms with E-state index in [-0.39, 0.29) is 30.5 Å². The Morgan fingerprint density at radius 1 is 1.32 bits per heavy atom. The van der Waals surface area contributed by atoms with Gasteiger partial charge in [0, 0.05) is 38.1 Å². The van der Waals surface area contributed by atoms with Crippen LogP contribution in [0.4, 0.5) is 13.2 Å². The van der Waals surface area contributed by atoms with Crippen molar-refractivity contribution in [2.75, 3.05) is 26.3 Å². The highest BCUT2D eigenvalue weighted by Gasteiger charge is 2.33. The molecule has 0 aromatic carbocycles. The molecule has 0 saturated carbocycles. The van der Waals surface area contributed by atoms with Gasteiger partial charge in [0.25, 0.3) is 0 Å². The first-order valence-corrected chi connectivity index (χ1v) is 9.51. The highest BCUT2D eigenvalue weighted by molar-refractivity contribution is 14.0. The third kappa shape index (κ3) is 9.24. The van der Waals surface area contributed by atoms with E-state index in [1.54, 1.807) is 6.26 Å². The van der Waals surface area contributed by atoms with Crippen LogP contribution in [-0.2, 0) is 23.9 Å². The fourth-order valence-electron chi connectivity index (χ4n) is 2.12. The Hall–Kier alpha value is -1.34. The molecule has 2 heterocycles. The largest absolute Gasteiger partial charge is 0.469 e. The van der Waals surface area contributed by atoms with Gasteiger partial charge < -0.3 is 19.8 Å². The first-order valence-electron chi connectivity index (χ1n) is 8.63. The summed E-state index contributed by atoms with van der Waals surface area (Å²) in [5.74, 6) is 1.36. The summed E-state index contributed by atoms with van der Waals surface area (Å²) < 4.78 is 48.5. The van der Waals surface area contributed by atoms with Crippen molar-refractivity contribution < 1.29 is 22.3 Å². The molecule has 0 unspecified atom stereocenters. The van der Waals surface area contributed by atoms with Gasteiger partial charge in [-0.1, -0.05) is 0 Å². The number of halogens is 4. The standard InChI is InChI=1S/C17H23F3N4O2S.HI/c1-2-25-9-4-7-21-16(22-8-6-13-5-3-10-26-13)23-11-15-24-14(12-27-15)17(18,19)20;/h3,5,10,12H,2,4,6-9,11H2,1H3,(H2,21,22,23);1H. The van der Waals surface area contributed by atoms with Crippen molar-refractivity contribution in [2.45, 2.75) is 32.5 Å². The lowest BCUT2D eigenvalue weighted by molar-refractivity contribution is -0.140. The number of furan rings is 1. The molecule has 2 aromatic heterocycles. The highest BCUT2D eigenvalue weighted by atomic mass is 127. The van der Waals surface area contributed by atoms with Gasteiger partial charge in [0.2, 0.25) is 0 Å². The van der Waals surface area contributed by atoms with Crippen LogP contribution in [-0.4, -0.2) is 37.2 Å². The van der Waals surface area contributed by atoms with E-state index in [2.05, 4.69) is 20.6 Å². The fourth-order valence-corrected chi connectivity index (χ4v) is 2.84. The van der Waals surface area contributed by atoms with Crippen molar-refractivity contribution in [1.29, 1.82) is 0 Å². The molecule has 2 rings (SSSR count). The number of guanidine groups is 1. The van der Waals surface area contributed by atoms with Crippen molar-refractivity contribution in [1.82, 2.24) is 15.6 Å². The number of hydrogen-bond donors (Lipinski definition) is 2. The van der Waals surface area contributed by atoms with Crippen molar-refractivity contribution in [2.24, 2.45) is 4.99 Å². The Kier molecular flexibility index (Phi) is 11.5. The average Bonchev–Trinajstić information content (AvgIpc) is 3.30. The molecule has 0 saturated heterocycles. The summed E-state index contributed by atoms with van der Waals surface area (Å²) >= 11 is 0.946. The van der Waals surface area contributed by atoms with Crippen LogP contribution in [0.2, 0.25) is 0 Å². The van der Waals surface area contributed by atoms with Crippen LogP contribution in [0.5, 0.6) is 0 Å². The quantitative estimate of drug-likeness (QED) is 0.209. The van der Waals surface area contributed by atoms with E-state index in [4.69, 9.17) is 9.15 Å². The van der Waals surface area contributed by atoms with E-state index < -0.39 is 11.9 Å². The maximum Gasteiger partial charge on any atom is 0.434 e. The number of hydrogen-bond acceptors (Lipinski definition) is 5. The van der Waals surface area contributed by atoms with Crippen molar-refractivity contribution in [3.05, 3.63) is 40.2 Å². The molecule has 0 spiro atoms. The minimum absolute atomic E-state index is 0. The van der Waals surface area contributed by atoms with Crippen LogP contribution in [0.15, 0.2) is 33.2 Å². The zero-order valence-corrected chi connectivity index (χ0v) is 18.6. The molecule has 0 aliphatic carbocycles. The molecule has 0 fully saturated rings. The normalized spacial score (nSPS) is 11.9. The maximum atomic E-state index is 12.6. The molecule has 2 N–H and O–H groups in total. The van der Waals surface area contributed by atoms with Crippen LogP contribution in [0.1, 0.15) is 29.8 Å². The van der Waals surface area contributed by atoms with E-state index >= 15 is 0 Å². The Labute approximate surface area is 183 Å². The van der Waals surface area contributed by atoms with Gasteiger partial charge in [0.1, 0.15) is 10.8 Å². The SMILES string of the molecule is CCOCCCNC(=NCc1nc(C(F)(F)F)cs1)NCCc1ccco1.I. The Bertz CT molecular complexity index is 693. The summed E-state index contributed by atoms with van der Waals surface area (Å²) in [6.07, 6.45) is -1.36. The number of thiazole rings is 1. The molecule has 0 aliphatic rings. The lowest BCUT2D eigenvalue weighted by Crippen LogP contribution is -2.39. The summed E-state index contributed by atoms with van der Waals surface area (Å²) in [5.41, 5.74) is -0.880. The van der Waals surface area contributed by atoms with Gasteiger partial charge in [0.15, 0.2) is 11.7 Å². The molecule has 2 aromatic rings. The third-order valence-electron chi connectivity index (χ3n) is 3.42. The molecular weight excluding hydrogens is 508 g/mol. The molecule has 0 bridgehead atoms. The van der Waals surface area contributed by atoms with Crippen LogP contribution in [0.3, 0.4) is 0 Å². The van der Waals surface area contributed by atoms with Crippen LogP contribution in [0, 0.1) is 0 Å². The van der Waals surface area contributed by atoms with Crippen LogP contribution >= 0.6 is 35.3 Å². The monoisotopic (exact) mass is 532 g/mol. The van der Waals surface area contributed by atoms with Gasteiger partial charge in [-0.25, -0.2) is 9.98 Å². The van der Waals surface area contributed by atoms with Gasteiger partial charge in [-0.3, -0.25) is 0 Å². The Morgan fingerprint density at radius 2 is 2.11 bits per heavy atom. The summed E-state index contributed by atoms with van der Waals surface area (Å²) in [6, 6.07) is 3.69. The summed E-state index contributed by atoms with van der Waals surface area (Å²) in [7, 11) is 0. The minimum Gasteiger partial charge on any atom is -0.469 e. The second-order valence-electron chi connectivity index (χ2n) is 5.52. The lowest BCUT2D eigenvalue weighted by atomic mass is 10.3. The maximum absolute atomic E-state index is 12.6. The second-order valence-corrected chi connectivity index (χ2v) is 6.47. The van der Waals surface area contributed by atoms with E-state index in [0.717, 1.165) is 28.9 Å². The summed E-state index contributed by atoms with van der Waals surface area (Å²) in [5, 5.41) is 7.61. The Morgan fingerprint density at radius 3 is 2.75 bits per heavy atom. The average molecular weight is 532 g/mol. The van der Waals surface area contributed by atoms with Gasteiger partial charge >= 0.3 is 6.18 Å². The van der Waals surface area contributed by atoms with E-state index in [1.807, 2.05) is 19.1 Å². The van der Waals surface area contributed by atoms with Crippen molar-refractivity contribution in [3.63, 3.8) is 0 Å². The Balaban J connectivity index is 0.00000392. The zero-order valence-electron chi connectivity index (χ0n) is 15.4. The summed E-state index contributed by atoms with van der Waals surface area (Å²) in [4.78, 5) is 7.92. The lowest BCUT2D eigenvalue weighted by Gasteiger charge is -2.12. The molecule has 0 aliphatic heterocycles. The first-order chi connectivity index (χ1) is 13.0. The number of alkyl halides is 3. The molecule has 158 valence electrons. The van der Waals surface area contributed by atoms with Crippen molar-refractivity contribution in [3.8, 4) is 0 Å². The van der Waals surface area contributed by atoms with Crippen LogP contribution < -0.4 is 10.6 Å². The molecule has 11 heteroatoms. The van der Waals surface area contributed by atoms with Gasteiger partial charge in [0.05, 0.1) is 12.8 Å². The number of aliphatic imine (C=N–C) groups is 1. The number of aromatic nitrogens is 1. The topological polar surface area (TPSA) is 71.7 Å². The molecule has 0 atom stereocenters.